The zero-order valence-electron chi connectivity index (χ0n) is 25.7. The van der Waals surface area contributed by atoms with Crippen molar-refractivity contribution in [3.63, 3.8) is 0 Å². The van der Waals surface area contributed by atoms with Crippen LogP contribution in [0.15, 0.2) is 48.6 Å². The van der Waals surface area contributed by atoms with Crippen molar-refractivity contribution in [1.29, 1.82) is 0 Å². The number of halogens is 1. The van der Waals surface area contributed by atoms with Crippen LogP contribution >= 0.6 is 11.6 Å². The fourth-order valence-electron chi connectivity index (χ4n) is 7.76. The van der Waals surface area contributed by atoms with Gasteiger partial charge in [-0.3, -0.25) is 4.79 Å². The number of rotatable bonds is 2. The minimum absolute atomic E-state index is 0.0319. The van der Waals surface area contributed by atoms with Gasteiger partial charge in [0.1, 0.15) is 11.4 Å². The molecule has 2 aliphatic heterocycles. The number of aliphatic hydroxyl groups is 1. The first-order chi connectivity index (χ1) is 20.9. The van der Waals surface area contributed by atoms with Crippen LogP contribution in [0.1, 0.15) is 67.4 Å². The first-order valence-electron chi connectivity index (χ1n) is 15.7. The van der Waals surface area contributed by atoms with Crippen LogP contribution in [0, 0.1) is 17.8 Å². The molecular formula is C34H43ClN2O6S. The second kappa shape index (κ2) is 12.0. The molecule has 44 heavy (non-hydrogen) atoms. The van der Waals surface area contributed by atoms with Gasteiger partial charge in [-0.25, -0.2) is 13.1 Å². The van der Waals surface area contributed by atoms with Gasteiger partial charge < -0.3 is 19.5 Å². The van der Waals surface area contributed by atoms with E-state index in [-0.39, 0.29) is 35.3 Å². The highest BCUT2D eigenvalue weighted by molar-refractivity contribution is 7.90. The van der Waals surface area contributed by atoms with Gasteiger partial charge in [-0.2, -0.15) is 0 Å². The summed E-state index contributed by atoms with van der Waals surface area (Å²) in [5.41, 5.74) is 2.03. The molecule has 238 valence electrons. The van der Waals surface area contributed by atoms with Gasteiger partial charge in [-0.1, -0.05) is 36.7 Å². The Morgan fingerprint density at radius 2 is 2.00 bits per heavy atom. The van der Waals surface area contributed by atoms with E-state index >= 15 is 0 Å². The average Bonchev–Trinajstić information content (AvgIpc) is 3.11. The predicted molar refractivity (Wildman–Crippen MR) is 172 cm³/mol. The Bertz CT molecular complexity index is 1560. The van der Waals surface area contributed by atoms with Gasteiger partial charge in [-0.05, 0) is 105 Å². The molecule has 0 saturated heterocycles. The largest absolute Gasteiger partial charge is 0.490 e. The van der Waals surface area contributed by atoms with Crippen LogP contribution in [0.25, 0.3) is 0 Å². The summed E-state index contributed by atoms with van der Waals surface area (Å²) in [6.45, 7) is 5.41. The molecule has 1 spiro atoms. The minimum atomic E-state index is -3.96. The topological polar surface area (TPSA) is 105 Å². The molecule has 1 saturated carbocycles. The smallest absolute Gasteiger partial charge is 0.264 e. The summed E-state index contributed by atoms with van der Waals surface area (Å²) in [6.07, 6.45) is 8.86. The van der Waals surface area contributed by atoms with Crippen molar-refractivity contribution < 1.29 is 27.8 Å². The average molecular weight is 643 g/mol. The van der Waals surface area contributed by atoms with Crippen LogP contribution in [0.4, 0.5) is 5.69 Å². The molecule has 6 atom stereocenters. The Labute approximate surface area is 265 Å². The Morgan fingerprint density at radius 1 is 1.18 bits per heavy atom. The summed E-state index contributed by atoms with van der Waals surface area (Å²) in [5, 5.41) is 11.8. The quantitative estimate of drug-likeness (QED) is 0.431. The molecule has 2 N–H and O–H groups in total. The number of hydrogen-bond donors (Lipinski definition) is 2. The number of nitrogens with one attached hydrogen (secondary N) is 1. The highest BCUT2D eigenvalue weighted by atomic mass is 35.5. The number of nitrogens with zero attached hydrogens (tertiary/aromatic N) is 1. The van der Waals surface area contributed by atoms with Crippen LogP contribution in [0.3, 0.4) is 0 Å². The molecule has 2 aromatic rings. The van der Waals surface area contributed by atoms with Crippen molar-refractivity contribution in [1.82, 2.24) is 4.72 Å². The maximum absolute atomic E-state index is 13.4. The van der Waals surface area contributed by atoms with Gasteiger partial charge in [0.25, 0.3) is 5.91 Å². The minimum Gasteiger partial charge on any atom is -0.490 e. The van der Waals surface area contributed by atoms with Crippen molar-refractivity contribution in [3.8, 4) is 5.75 Å². The summed E-state index contributed by atoms with van der Waals surface area (Å²) in [7, 11) is -2.36. The lowest BCUT2D eigenvalue weighted by Gasteiger charge is -2.49. The number of anilines is 1. The van der Waals surface area contributed by atoms with Crippen molar-refractivity contribution in [2.75, 3.05) is 38.3 Å². The molecule has 2 aromatic carbocycles. The SMILES string of the molecule is COC[C@]1(O)/C=C\C[C@H](C)[C@@H](C)S(=O)(=O)NC(=O)c2ccc3c(c2)N(C[C@@H]2CC[C@H]21)C[C@@]1(CCCc2cc(Cl)ccc21)CO3. The normalized spacial score (nSPS) is 34.0. The lowest BCUT2D eigenvalue weighted by atomic mass is 9.64. The first-order valence-corrected chi connectivity index (χ1v) is 17.6. The number of allylic oxidation sites excluding steroid dienone is 1. The predicted octanol–water partition coefficient (Wildman–Crippen LogP) is 5.26. The Balaban J connectivity index is 1.45. The molecule has 2 aliphatic carbocycles. The second-order valence-electron chi connectivity index (χ2n) is 13.5. The third-order valence-corrected chi connectivity index (χ3v) is 12.8. The summed E-state index contributed by atoms with van der Waals surface area (Å²) in [4.78, 5) is 15.7. The molecule has 2 heterocycles. The lowest BCUT2D eigenvalue weighted by Crippen LogP contribution is -2.54. The maximum Gasteiger partial charge on any atom is 0.264 e. The zero-order valence-corrected chi connectivity index (χ0v) is 27.3. The van der Waals surface area contributed by atoms with Crippen LogP contribution in [0.2, 0.25) is 5.02 Å². The van der Waals surface area contributed by atoms with Crippen LogP contribution in [-0.4, -0.2) is 63.7 Å². The fourth-order valence-corrected chi connectivity index (χ4v) is 9.24. The van der Waals surface area contributed by atoms with Gasteiger partial charge in [-0.15, -0.1) is 0 Å². The van der Waals surface area contributed by atoms with E-state index in [4.69, 9.17) is 21.1 Å². The summed E-state index contributed by atoms with van der Waals surface area (Å²) in [5.74, 6) is -0.127. The lowest BCUT2D eigenvalue weighted by molar-refractivity contribution is -0.0863. The number of carbonyl (C=O) groups is 1. The highest BCUT2D eigenvalue weighted by Gasteiger charge is 2.48. The zero-order chi connectivity index (χ0) is 31.3. The summed E-state index contributed by atoms with van der Waals surface area (Å²) in [6, 6.07) is 11.3. The van der Waals surface area contributed by atoms with E-state index in [2.05, 4.69) is 21.8 Å². The molecule has 4 aliphatic rings. The van der Waals surface area contributed by atoms with E-state index < -0.39 is 26.8 Å². The third kappa shape index (κ3) is 5.77. The van der Waals surface area contributed by atoms with E-state index in [0.717, 1.165) is 42.8 Å². The number of methoxy groups -OCH3 is 1. The second-order valence-corrected chi connectivity index (χ2v) is 15.9. The van der Waals surface area contributed by atoms with E-state index in [1.807, 2.05) is 25.1 Å². The van der Waals surface area contributed by atoms with Crippen molar-refractivity contribution >= 4 is 33.2 Å². The van der Waals surface area contributed by atoms with E-state index in [1.165, 1.54) is 11.1 Å². The first kappa shape index (κ1) is 31.4. The molecule has 0 unspecified atom stereocenters. The molecule has 0 radical (unpaired) electrons. The molecule has 6 rings (SSSR count). The number of hydrogen-bond acceptors (Lipinski definition) is 7. The Kier molecular flexibility index (Phi) is 8.54. The number of fused-ring (bicyclic) bond motifs is 4. The van der Waals surface area contributed by atoms with Crippen LogP contribution in [0.5, 0.6) is 5.75 Å². The van der Waals surface area contributed by atoms with E-state index in [0.29, 0.717) is 31.9 Å². The Morgan fingerprint density at radius 3 is 2.75 bits per heavy atom. The highest BCUT2D eigenvalue weighted by Crippen LogP contribution is 2.48. The molecule has 1 fully saturated rings. The molecule has 1 amide bonds. The van der Waals surface area contributed by atoms with Crippen molar-refractivity contribution in [2.45, 2.75) is 68.6 Å². The number of carbonyl (C=O) groups excluding carboxylic acids is 1. The molecular weight excluding hydrogens is 600 g/mol. The van der Waals surface area contributed by atoms with Gasteiger partial charge in [0.15, 0.2) is 0 Å². The monoisotopic (exact) mass is 642 g/mol. The standard InChI is InChI=1S/C34H43ClN2O6S/c1-22-6-4-15-34(39,21-42-3)29-11-8-26(29)18-37-19-33(14-5-7-24-16-27(35)10-12-28(24)33)20-43-31-13-9-25(17-30(31)37)32(38)36-44(40,41)23(22)2/h4,9-10,12-13,15-17,22-23,26,29,39H,5-8,11,14,18-21H2,1-3H3,(H,36,38)/b15-4-/t22-,23+,26-,29+,33-,34+/m0/s1. The number of sulfonamides is 1. The van der Waals surface area contributed by atoms with Gasteiger partial charge in [0, 0.05) is 36.2 Å². The van der Waals surface area contributed by atoms with Crippen LogP contribution in [-0.2, 0) is 26.6 Å². The number of benzene rings is 2. The summed E-state index contributed by atoms with van der Waals surface area (Å²) >= 11 is 6.41. The van der Waals surface area contributed by atoms with E-state index in [1.54, 1.807) is 32.2 Å². The third-order valence-electron chi connectivity index (χ3n) is 10.6. The molecule has 2 bridgehead atoms. The maximum atomic E-state index is 13.4. The number of amides is 1. The fraction of sp³-hybridized carbons (Fsp3) is 0.559. The number of aryl methyl sites for hydroxylation is 1. The van der Waals surface area contributed by atoms with Gasteiger partial charge in [0.2, 0.25) is 10.0 Å². The molecule has 8 nitrogen and oxygen atoms in total. The van der Waals surface area contributed by atoms with Gasteiger partial charge >= 0.3 is 0 Å². The van der Waals surface area contributed by atoms with E-state index in [9.17, 15) is 18.3 Å². The molecule has 0 aromatic heterocycles. The summed E-state index contributed by atoms with van der Waals surface area (Å²) < 4.78 is 40.9. The van der Waals surface area contributed by atoms with Crippen LogP contribution < -0.4 is 14.4 Å². The van der Waals surface area contributed by atoms with Gasteiger partial charge in [0.05, 0.1) is 24.2 Å². The van der Waals surface area contributed by atoms with Crippen molar-refractivity contribution in [3.05, 3.63) is 70.3 Å². The molecule has 10 heteroatoms. The Hall–Kier alpha value is -2.59. The van der Waals surface area contributed by atoms with Crippen molar-refractivity contribution in [2.24, 2.45) is 17.8 Å². The number of ether oxygens (including phenoxy) is 2.